The smallest absolute Gasteiger partial charge is 0.416 e. The average molecular weight is 668 g/mol. The number of rotatable bonds is 7. The van der Waals surface area contributed by atoms with Crippen molar-refractivity contribution in [1.29, 1.82) is 0 Å². The number of aromatic nitrogens is 4. The molecular formula is C28H30F9N7O2. The molecule has 0 spiro atoms. The highest BCUT2D eigenvalue weighted by molar-refractivity contribution is 5.90. The van der Waals surface area contributed by atoms with E-state index in [2.05, 4.69) is 15.4 Å². The van der Waals surface area contributed by atoms with E-state index in [0.717, 1.165) is 27.9 Å². The zero-order valence-electron chi connectivity index (χ0n) is 24.9. The third-order valence-corrected chi connectivity index (χ3v) is 7.04. The molecule has 1 amide bonds. The molecular weight excluding hydrogens is 637 g/mol. The lowest BCUT2D eigenvalue weighted by atomic mass is 9.89. The molecule has 3 aromatic rings. The summed E-state index contributed by atoms with van der Waals surface area (Å²) in [6.07, 6.45) is -16.7. The topological polar surface area (TPSA) is 102 Å². The standard InChI is InChI=1S/C28H30F9N7O2/c1-14(2)46-25(45)44-16(4)7-23(21-11-18(26(29,30)31)5-6-22(21)44)42(24-39-41-43(40-24)12-15(3)38)13-17-8-19(27(32,33)34)10-20(9-17)28(35,36)37/h5-6,8-11,14-16,23H,7,12-13,38H2,1-4H3/t15-,16+,23-/m0/s1. The van der Waals surface area contributed by atoms with Crippen LogP contribution in [0, 0.1) is 0 Å². The van der Waals surface area contributed by atoms with E-state index in [1.165, 1.54) is 4.90 Å². The van der Waals surface area contributed by atoms with Crippen LogP contribution in [0.3, 0.4) is 0 Å². The Kier molecular flexibility index (Phi) is 9.53. The summed E-state index contributed by atoms with van der Waals surface area (Å²) in [6, 6.07) is 1.14. The van der Waals surface area contributed by atoms with Gasteiger partial charge < -0.3 is 15.4 Å². The predicted octanol–water partition coefficient (Wildman–Crippen LogP) is 6.97. The second-order valence-corrected chi connectivity index (χ2v) is 11.3. The van der Waals surface area contributed by atoms with Crippen molar-refractivity contribution in [2.75, 3.05) is 9.80 Å². The molecule has 2 aromatic carbocycles. The third-order valence-electron chi connectivity index (χ3n) is 7.04. The highest BCUT2D eigenvalue weighted by Gasteiger charge is 2.42. The van der Waals surface area contributed by atoms with Gasteiger partial charge in [-0.05, 0) is 86.9 Å². The summed E-state index contributed by atoms with van der Waals surface area (Å²) in [7, 11) is 0. The molecule has 1 aliphatic heterocycles. The summed E-state index contributed by atoms with van der Waals surface area (Å²) in [5.74, 6) is -0.301. The number of halogens is 9. The quantitative estimate of drug-likeness (QED) is 0.272. The Balaban J connectivity index is 1.93. The van der Waals surface area contributed by atoms with E-state index in [0.29, 0.717) is 12.1 Å². The van der Waals surface area contributed by atoms with Gasteiger partial charge >= 0.3 is 24.6 Å². The fraction of sp³-hybridized carbons (Fsp3) is 0.500. The number of hydrogen-bond acceptors (Lipinski definition) is 7. The number of fused-ring (bicyclic) bond motifs is 1. The van der Waals surface area contributed by atoms with Crippen molar-refractivity contribution in [3.8, 4) is 0 Å². The number of hydrogen-bond donors (Lipinski definition) is 1. The molecule has 0 aliphatic carbocycles. The average Bonchev–Trinajstić information content (AvgIpc) is 3.36. The van der Waals surface area contributed by atoms with Gasteiger partial charge in [0.2, 0.25) is 0 Å². The molecule has 3 atom stereocenters. The second-order valence-electron chi connectivity index (χ2n) is 11.3. The van der Waals surface area contributed by atoms with Crippen molar-refractivity contribution in [2.45, 2.75) is 90.0 Å². The van der Waals surface area contributed by atoms with Crippen LogP contribution in [-0.4, -0.2) is 44.5 Å². The number of anilines is 2. The Morgan fingerprint density at radius 1 is 0.957 bits per heavy atom. The van der Waals surface area contributed by atoms with Gasteiger partial charge in [0, 0.05) is 18.6 Å². The maximum Gasteiger partial charge on any atom is 0.416 e. The van der Waals surface area contributed by atoms with Crippen LogP contribution >= 0.6 is 0 Å². The molecule has 0 bridgehead atoms. The fourth-order valence-corrected chi connectivity index (χ4v) is 5.15. The number of benzene rings is 2. The first-order valence-electron chi connectivity index (χ1n) is 13.9. The van der Waals surface area contributed by atoms with Crippen LogP contribution in [0.1, 0.15) is 68.0 Å². The Hall–Kier alpha value is -4.09. The van der Waals surface area contributed by atoms with Gasteiger partial charge in [-0.1, -0.05) is 5.10 Å². The monoisotopic (exact) mass is 667 g/mol. The summed E-state index contributed by atoms with van der Waals surface area (Å²) >= 11 is 0. The van der Waals surface area contributed by atoms with Crippen molar-refractivity contribution in [1.82, 2.24) is 20.2 Å². The third kappa shape index (κ3) is 7.82. The first-order valence-corrected chi connectivity index (χ1v) is 13.9. The molecule has 2 N–H and O–H groups in total. The minimum atomic E-state index is -5.15. The number of carbonyl (C=O) groups excluding carboxylic acids is 1. The second kappa shape index (κ2) is 12.6. The Morgan fingerprint density at radius 3 is 2.07 bits per heavy atom. The van der Waals surface area contributed by atoms with Gasteiger partial charge in [0.1, 0.15) is 0 Å². The molecule has 2 heterocycles. The molecule has 0 saturated carbocycles. The highest BCUT2D eigenvalue weighted by atomic mass is 19.4. The van der Waals surface area contributed by atoms with Crippen LogP contribution < -0.4 is 15.5 Å². The van der Waals surface area contributed by atoms with Crippen molar-refractivity contribution in [2.24, 2.45) is 5.73 Å². The minimum Gasteiger partial charge on any atom is -0.446 e. The van der Waals surface area contributed by atoms with E-state index in [4.69, 9.17) is 10.5 Å². The number of nitrogens with two attached hydrogens (primary N) is 1. The lowest BCUT2D eigenvalue weighted by Crippen LogP contribution is -2.47. The molecule has 18 heteroatoms. The van der Waals surface area contributed by atoms with E-state index in [1.807, 2.05) is 0 Å². The van der Waals surface area contributed by atoms with E-state index < -0.39 is 77.7 Å². The number of nitrogens with zero attached hydrogens (tertiary/aromatic N) is 6. The van der Waals surface area contributed by atoms with E-state index in [1.54, 1.807) is 27.7 Å². The van der Waals surface area contributed by atoms with Gasteiger partial charge in [0.05, 0.1) is 41.1 Å². The number of alkyl halides is 9. The van der Waals surface area contributed by atoms with Gasteiger partial charge in [0.25, 0.3) is 5.95 Å². The first-order chi connectivity index (χ1) is 21.1. The first kappa shape index (κ1) is 34.8. The van der Waals surface area contributed by atoms with Gasteiger partial charge in [-0.15, -0.1) is 5.10 Å². The van der Waals surface area contributed by atoms with Gasteiger partial charge in [-0.2, -0.15) is 44.3 Å². The molecule has 9 nitrogen and oxygen atoms in total. The summed E-state index contributed by atoms with van der Waals surface area (Å²) in [4.78, 5) is 16.4. The molecule has 0 saturated heterocycles. The molecule has 0 radical (unpaired) electrons. The van der Waals surface area contributed by atoms with Crippen LogP contribution in [0.15, 0.2) is 36.4 Å². The molecule has 1 aliphatic rings. The van der Waals surface area contributed by atoms with Crippen molar-refractivity contribution < 1.29 is 49.0 Å². The SMILES string of the molecule is CC(C)OC(=O)N1c2ccc(C(F)(F)F)cc2[C@@H](N(Cc2cc(C(F)(F)F)cc(C(F)(F)F)c2)c2nnn(C[C@H](C)N)n2)C[C@H]1C. The molecule has 0 fully saturated rings. The zero-order valence-corrected chi connectivity index (χ0v) is 24.9. The molecule has 46 heavy (non-hydrogen) atoms. The molecule has 4 rings (SSSR count). The molecule has 0 unspecified atom stereocenters. The van der Waals surface area contributed by atoms with Gasteiger partial charge in [-0.25, -0.2) is 4.79 Å². The molecule has 252 valence electrons. The lowest BCUT2D eigenvalue weighted by molar-refractivity contribution is -0.143. The summed E-state index contributed by atoms with van der Waals surface area (Å²) in [5.41, 5.74) is 0.944. The Bertz CT molecular complexity index is 1520. The normalized spacial score (nSPS) is 18.0. The number of carbonyl (C=O) groups is 1. The number of ether oxygens (including phenoxy) is 1. The lowest BCUT2D eigenvalue weighted by Gasteiger charge is -2.43. The van der Waals surface area contributed by atoms with Crippen LogP contribution in [0.2, 0.25) is 0 Å². The number of tetrazole rings is 1. The summed E-state index contributed by atoms with van der Waals surface area (Å²) in [6.45, 7) is 5.65. The van der Waals surface area contributed by atoms with E-state index in [9.17, 15) is 44.3 Å². The zero-order chi connectivity index (χ0) is 34.4. The van der Waals surface area contributed by atoms with E-state index in [-0.39, 0.29) is 36.2 Å². The van der Waals surface area contributed by atoms with E-state index >= 15 is 0 Å². The summed E-state index contributed by atoms with van der Waals surface area (Å²) in [5, 5.41) is 12.0. The Morgan fingerprint density at radius 2 is 1.54 bits per heavy atom. The van der Waals surface area contributed by atoms with Crippen molar-refractivity contribution >= 4 is 17.7 Å². The van der Waals surface area contributed by atoms with Gasteiger partial charge in [0.15, 0.2) is 0 Å². The fourth-order valence-electron chi connectivity index (χ4n) is 5.15. The largest absolute Gasteiger partial charge is 0.446 e. The predicted molar refractivity (Wildman–Crippen MR) is 146 cm³/mol. The minimum absolute atomic E-state index is 0.00426. The van der Waals surface area contributed by atoms with Crippen LogP contribution in [0.25, 0.3) is 0 Å². The highest BCUT2D eigenvalue weighted by Crippen LogP contribution is 2.45. The number of amides is 1. The van der Waals surface area contributed by atoms with Crippen molar-refractivity contribution in [3.63, 3.8) is 0 Å². The maximum absolute atomic E-state index is 13.9. The van der Waals surface area contributed by atoms with Crippen LogP contribution in [0.4, 0.5) is 55.9 Å². The van der Waals surface area contributed by atoms with Crippen LogP contribution in [-0.2, 0) is 36.4 Å². The van der Waals surface area contributed by atoms with Crippen LogP contribution in [0.5, 0.6) is 0 Å². The maximum atomic E-state index is 13.9. The molecule has 1 aromatic heterocycles. The summed E-state index contributed by atoms with van der Waals surface area (Å²) < 4.78 is 129. The van der Waals surface area contributed by atoms with Gasteiger partial charge in [-0.3, -0.25) is 4.90 Å². The Labute approximate surface area is 257 Å². The van der Waals surface area contributed by atoms with Crippen molar-refractivity contribution in [3.05, 3.63) is 64.2 Å².